The number of anilines is 1. The van der Waals surface area contributed by atoms with Gasteiger partial charge in [0.25, 0.3) is 0 Å². The third-order valence-corrected chi connectivity index (χ3v) is 4.60. The first-order valence-corrected chi connectivity index (χ1v) is 8.26. The number of ether oxygens (including phenoxy) is 2. The number of fused-ring (bicyclic) bond motifs is 1. The smallest absolute Gasteiger partial charge is 0.142 e. The van der Waals surface area contributed by atoms with Crippen molar-refractivity contribution in [1.82, 2.24) is 0 Å². The van der Waals surface area contributed by atoms with Crippen molar-refractivity contribution in [3.05, 3.63) is 23.3 Å². The fourth-order valence-electron chi connectivity index (χ4n) is 3.11. The Morgan fingerprint density at radius 1 is 1.27 bits per heavy atom. The molecule has 0 bridgehead atoms. The quantitative estimate of drug-likeness (QED) is 0.750. The molecule has 2 rings (SSSR count). The van der Waals surface area contributed by atoms with Crippen LogP contribution in [-0.2, 0) is 17.6 Å². The van der Waals surface area contributed by atoms with Crippen molar-refractivity contribution < 1.29 is 9.47 Å². The predicted octanol–water partition coefficient (Wildman–Crippen LogP) is 2.62. The first kappa shape index (κ1) is 17.1. The van der Waals surface area contributed by atoms with Crippen molar-refractivity contribution in [2.75, 3.05) is 38.8 Å². The van der Waals surface area contributed by atoms with Crippen molar-refractivity contribution in [1.29, 1.82) is 0 Å². The van der Waals surface area contributed by atoms with E-state index in [-0.39, 0.29) is 6.04 Å². The van der Waals surface area contributed by atoms with Gasteiger partial charge in [0.2, 0.25) is 0 Å². The van der Waals surface area contributed by atoms with E-state index in [2.05, 4.69) is 30.9 Å². The number of methoxy groups -OCH3 is 2. The highest BCUT2D eigenvalue weighted by atomic mass is 16.5. The molecule has 124 valence electrons. The van der Waals surface area contributed by atoms with Crippen molar-refractivity contribution in [3.8, 4) is 5.75 Å². The van der Waals surface area contributed by atoms with E-state index < -0.39 is 0 Å². The topological polar surface area (TPSA) is 47.7 Å². The summed E-state index contributed by atoms with van der Waals surface area (Å²) < 4.78 is 10.8. The van der Waals surface area contributed by atoms with Gasteiger partial charge in [0.05, 0.1) is 12.8 Å². The Morgan fingerprint density at radius 3 is 2.68 bits per heavy atom. The summed E-state index contributed by atoms with van der Waals surface area (Å²) >= 11 is 0. The Bertz CT molecular complexity index is 488. The summed E-state index contributed by atoms with van der Waals surface area (Å²) in [5.41, 5.74) is 10.4. The van der Waals surface area contributed by atoms with Crippen molar-refractivity contribution in [2.24, 2.45) is 11.7 Å². The summed E-state index contributed by atoms with van der Waals surface area (Å²) in [6, 6.07) is 4.49. The van der Waals surface area contributed by atoms with E-state index in [4.69, 9.17) is 15.2 Å². The van der Waals surface area contributed by atoms with Crippen LogP contribution < -0.4 is 15.4 Å². The molecule has 0 aliphatic carbocycles. The van der Waals surface area contributed by atoms with Gasteiger partial charge in [-0.25, -0.2) is 0 Å². The van der Waals surface area contributed by atoms with Gasteiger partial charge in [0.1, 0.15) is 5.75 Å². The van der Waals surface area contributed by atoms with Gasteiger partial charge in [-0.05, 0) is 42.4 Å². The minimum absolute atomic E-state index is 0.208. The third kappa shape index (κ3) is 3.73. The van der Waals surface area contributed by atoms with Crippen LogP contribution in [0.3, 0.4) is 0 Å². The van der Waals surface area contributed by atoms with E-state index in [0.29, 0.717) is 5.92 Å². The molecule has 4 heteroatoms. The van der Waals surface area contributed by atoms with Gasteiger partial charge < -0.3 is 20.1 Å². The molecule has 0 radical (unpaired) electrons. The second-order valence-electron chi connectivity index (χ2n) is 6.45. The summed E-state index contributed by atoms with van der Waals surface area (Å²) in [7, 11) is 3.50. The molecular weight excluding hydrogens is 276 g/mol. The first-order valence-electron chi connectivity index (χ1n) is 8.26. The van der Waals surface area contributed by atoms with E-state index in [0.717, 1.165) is 44.7 Å². The molecule has 1 atom stereocenters. The first-order chi connectivity index (χ1) is 10.6. The van der Waals surface area contributed by atoms with Crippen molar-refractivity contribution >= 4 is 5.69 Å². The maximum absolute atomic E-state index is 6.28. The summed E-state index contributed by atoms with van der Waals surface area (Å²) in [5.74, 6) is 1.48. The Hall–Kier alpha value is -1.26. The van der Waals surface area contributed by atoms with Gasteiger partial charge in [0, 0.05) is 32.8 Å². The fraction of sp³-hybridized carbons (Fsp3) is 0.667. The van der Waals surface area contributed by atoms with E-state index in [1.54, 1.807) is 14.2 Å². The zero-order chi connectivity index (χ0) is 16.1. The van der Waals surface area contributed by atoms with Crippen LogP contribution in [0.2, 0.25) is 0 Å². The van der Waals surface area contributed by atoms with Crippen molar-refractivity contribution in [2.45, 2.75) is 39.2 Å². The standard InChI is InChI=1S/C18H30N2O2/c1-13(2)16(19)12-14-6-7-17(22-4)18-15(14)8-10-20(18)9-5-11-21-3/h6-7,13,16H,5,8-12,19H2,1-4H3. The van der Waals surface area contributed by atoms with Crippen LogP contribution in [0.1, 0.15) is 31.4 Å². The second kappa shape index (κ2) is 7.84. The largest absolute Gasteiger partial charge is 0.495 e. The monoisotopic (exact) mass is 306 g/mol. The molecule has 4 nitrogen and oxygen atoms in total. The number of nitrogens with zero attached hydrogens (tertiary/aromatic N) is 1. The zero-order valence-corrected chi connectivity index (χ0v) is 14.4. The van der Waals surface area contributed by atoms with Gasteiger partial charge in [0.15, 0.2) is 0 Å². The van der Waals surface area contributed by atoms with Gasteiger partial charge in [-0.3, -0.25) is 0 Å². The molecule has 0 amide bonds. The lowest BCUT2D eigenvalue weighted by Crippen LogP contribution is -2.29. The highest BCUT2D eigenvalue weighted by Crippen LogP contribution is 2.39. The molecule has 1 unspecified atom stereocenters. The van der Waals surface area contributed by atoms with Crippen LogP contribution in [0.4, 0.5) is 5.69 Å². The molecule has 0 fully saturated rings. The maximum atomic E-state index is 6.28. The molecule has 1 heterocycles. The number of hydrogen-bond acceptors (Lipinski definition) is 4. The second-order valence-corrected chi connectivity index (χ2v) is 6.45. The van der Waals surface area contributed by atoms with E-state index in [1.165, 1.54) is 16.8 Å². The molecule has 22 heavy (non-hydrogen) atoms. The number of hydrogen-bond donors (Lipinski definition) is 1. The lowest BCUT2D eigenvalue weighted by atomic mass is 9.93. The Kier molecular flexibility index (Phi) is 6.09. The minimum Gasteiger partial charge on any atom is -0.495 e. The average molecular weight is 306 g/mol. The average Bonchev–Trinajstić information content (AvgIpc) is 2.92. The Morgan fingerprint density at radius 2 is 2.05 bits per heavy atom. The molecule has 0 spiro atoms. The third-order valence-electron chi connectivity index (χ3n) is 4.60. The van der Waals surface area contributed by atoms with E-state index >= 15 is 0 Å². The molecule has 1 aliphatic heterocycles. The summed E-state index contributed by atoms with van der Waals surface area (Å²) in [4.78, 5) is 2.43. The summed E-state index contributed by atoms with van der Waals surface area (Å²) in [5, 5.41) is 0. The van der Waals surface area contributed by atoms with Crippen LogP contribution in [0.15, 0.2) is 12.1 Å². The molecular formula is C18H30N2O2. The normalized spacial score (nSPS) is 15.3. The molecule has 1 aliphatic rings. The maximum Gasteiger partial charge on any atom is 0.142 e. The van der Waals surface area contributed by atoms with Crippen LogP contribution in [0, 0.1) is 5.92 Å². The SMILES string of the molecule is COCCCN1CCc2c(CC(N)C(C)C)ccc(OC)c21. The molecule has 0 aromatic heterocycles. The fourth-order valence-corrected chi connectivity index (χ4v) is 3.11. The van der Waals surface area contributed by atoms with Crippen molar-refractivity contribution in [3.63, 3.8) is 0 Å². The molecule has 1 aromatic rings. The lowest BCUT2D eigenvalue weighted by molar-refractivity contribution is 0.196. The van der Waals surface area contributed by atoms with E-state index in [1.807, 2.05) is 0 Å². The Labute approximate surface area is 134 Å². The van der Waals surface area contributed by atoms with Gasteiger partial charge >= 0.3 is 0 Å². The highest BCUT2D eigenvalue weighted by Gasteiger charge is 2.26. The van der Waals surface area contributed by atoms with Crippen LogP contribution in [-0.4, -0.2) is 40.0 Å². The van der Waals surface area contributed by atoms with Gasteiger partial charge in [-0.1, -0.05) is 19.9 Å². The van der Waals surface area contributed by atoms with Crippen LogP contribution in [0.5, 0.6) is 5.75 Å². The highest BCUT2D eigenvalue weighted by molar-refractivity contribution is 5.69. The molecule has 1 aromatic carbocycles. The predicted molar refractivity (Wildman–Crippen MR) is 91.9 cm³/mol. The number of nitrogens with two attached hydrogens (primary N) is 1. The zero-order valence-electron chi connectivity index (χ0n) is 14.4. The number of rotatable bonds is 8. The minimum atomic E-state index is 0.208. The molecule has 2 N–H and O–H groups in total. The summed E-state index contributed by atoms with van der Waals surface area (Å²) in [6.07, 6.45) is 3.06. The van der Waals surface area contributed by atoms with Crippen LogP contribution >= 0.6 is 0 Å². The molecule has 0 saturated heterocycles. The van der Waals surface area contributed by atoms with E-state index in [9.17, 15) is 0 Å². The van der Waals surface area contributed by atoms with Gasteiger partial charge in [-0.2, -0.15) is 0 Å². The number of benzene rings is 1. The summed E-state index contributed by atoms with van der Waals surface area (Å²) in [6.45, 7) is 7.24. The van der Waals surface area contributed by atoms with Gasteiger partial charge in [-0.15, -0.1) is 0 Å². The lowest BCUT2D eigenvalue weighted by Gasteiger charge is -2.23. The molecule has 0 saturated carbocycles. The van der Waals surface area contributed by atoms with Crippen LogP contribution in [0.25, 0.3) is 0 Å². The Balaban J connectivity index is 2.22.